The Hall–Kier alpha value is -2.23. The van der Waals surface area contributed by atoms with Crippen LogP contribution < -0.4 is 26.7 Å². The molecule has 2 aromatic rings. The molecule has 9 heteroatoms. The molecule has 1 amide bonds. The predicted octanol–water partition coefficient (Wildman–Crippen LogP) is 2.13. The van der Waals surface area contributed by atoms with Crippen molar-refractivity contribution in [1.82, 2.24) is 15.1 Å². The van der Waals surface area contributed by atoms with Gasteiger partial charge in [-0.3, -0.25) is 9.93 Å². The van der Waals surface area contributed by atoms with Crippen molar-refractivity contribution in [1.29, 1.82) is 0 Å². The van der Waals surface area contributed by atoms with Gasteiger partial charge in [0.1, 0.15) is 11.5 Å². The minimum atomic E-state index is 0.250. The molecule has 0 saturated heterocycles. The Morgan fingerprint density at radius 2 is 2.13 bits per heavy atom. The van der Waals surface area contributed by atoms with Gasteiger partial charge in [0.2, 0.25) is 12.3 Å². The molecule has 0 spiro atoms. The summed E-state index contributed by atoms with van der Waals surface area (Å²) < 4.78 is 7.44. The highest BCUT2D eigenvalue weighted by Gasteiger charge is 2.26. The lowest BCUT2D eigenvalue weighted by molar-refractivity contribution is -0.106. The third-order valence-corrected chi connectivity index (χ3v) is 6.68. The highest BCUT2D eigenvalue weighted by Crippen LogP contribution is 2.41. The molecule has 5 rings (SSSR count). The Bertz CT molecular complexity index is 901. The van der Waals surface area contributed by atoms with Crippen LogP contribution in [0.4, 0.5) is 5.69 Å². The van der Waals surface area contributed by atoms with Gasteiger partial charge < -0.3 is 21.5 Å². The number of anilines is 1. The van der Waals surface area contributed by atoms with E-state index in [9.17, 15) is 0 Å². The lowest BCUT2D eigenvalue weighted by atomic mass is 9.96. The van der Waals surface area contributed by atoms with E-state index in [2.05, 4.69) is 36.1 Å². The van der Waals surface area contributed by atoms with Gasteiger partial charge in [0, 0.05) is 5.69 Å². The first kappa shape index (κ1) is 23.4. The van der Waals surface area contributed by atoms with E-state index in [0.717, 1.165) is 35.5 Å². The molecule has 0 fully saturated rings. The van der Waals surface area contributed by atoms with Crippen molar-refractivity contribution in [2.24, 2.45) is 10.9 Å². The zero-order valence-electron chi connectivity index (χ0n) is 18.4. The average molecular weight is 447 g/mol. The van der Waals surface area contributed by atoms with Crippen molar-refractivity contribution >= 4 is 24.0 Å². The number of hydrogen-bond donors (Lipinski definition) is 4. The quantitative estimate of drug-likeness (QED) is 0.322. The molecule has 7 N–H and O–H groups in total. The standard InChI is InChI=1S/C13H17N.C8H14N4OS.CH3NO/c1-8-5-6-11-12(8)7-9-3-2-4-10(9)13(11)14;1-2-10-6-4-12-8(13-5-6)7(14-9)3-11-12;2-1-3/h7-8H,2-6,14H2,1H3;3,6,10H,2,4-5,9H2,1H3;1H,(H2,2,3). The average Bonchev–Trinajstić information content (AvgIpc) is 3.48. The maximum absolute atomic E-state index is 8.58. The zero-order chi connectivity index (χ0) is 22.4. The number of benzene rings is 1. The second-order valence-electron chi connectivity index (χ2n) is 8.10. The number of nitrogen functional groups attached to an aromatic ring is 1. The highest BCUT2D eigenvalue weighted by atomic mass is 32.2. The Balaban J connectivity index is 0.000000156. The Morgan fingerprint density at radius 1 is 1.35 bits per heavy atom. The number of primary amides is 1. The number of rotatable bonds is 3. The SMILES string of the molecule is CC1CCc2c1cc1c(c2N)CCC1.CCNC1COc2c(SN)cnn2C1.NC=O. The molecule has 170 valence electrons. The highest BCUT2D eigenvalue weighted by molar-refractivity contribution is 7.97. The largest absolute Gasteiger partial charge is 0.475 e. The Labute approximate surface area is 188 Å². The fraction of sp³-hybridized carbons (Fsp3) is 0.545. The smallest absolute Gasteiger partial charge is 0.227 e. The molecule has 1 aliphatic heterocycles. The van der Waals surface area contributed by atoms with Gasteiger partial charge in [0.25, 0.3) is 0 Å². The summed E-state index contributed by atoms with van der Waals surface area (Å²) >= 11 is 1.18. The van der Waals surface area contributed by atoms with Crippen molar-refractivity contribution in [3.05, 3.63) is 34.5 Å². The molecule has 1 aromatic heterocycles. The van der Waals surface area contributed by atoms with E-state index in [0.29, 0.717) is 12.6 Å². The van der Waals surface area contributed by atoms with Crippen molar-refractivity contribution in [2.75, 3.05) is 18.9 Å². The molecule has 2 atom stereocenters. The number of nitrogens with two attached hydrogens (primary N) is 3. The summed E-state index contributed by atoms with van der Waals surface area (Å²) in [7, 11) is 0. The van der Waals surface area contributed by atoms with Crippen LogP contribution >= 0.6 is 11.9 Å². The van der Waals surface area contributed by atoms with E-state index in [4.69, 9.17) is 20.4 Å². The zero-order valence-corrected chi connectivity index (χ0v) is 19.2. The second kappa shape index (κ2) is 10.9. The fourth-order valence-electron chi connectivity index (χ4n) is 4.65. The summed E-state index contributed by atoms with van der Waals surface area (Å²) in [4.78, 5) is 9.49. The molecule has 2 heterocycles. The summed E-state index contributed by atoms with van der Waals surface area (Å²) in [6.45, 7) is 6.90. The third-order valence-electron chi connectivity index (χ3n) is 6.14. The third kappa shape index (κ3) is 5.16. The molecule has 0 bridgehead atoms. The van der Waals surface area contributed by atoms with Crippen molar-refractivity contribution in [2.45, 2.75) is 69.4 Å². The molecule has 8 nitrogen and oxygen atoms in total. The van der Waals surface area contributed by atoms with E-state index < -0.39 is 0 Å². The van der Waals surface area contributed by atoms with Crippen LogP contribution in [-0.2, 0) is 30.6 Å². The molecule has 1 aromatic carbocycles. The molecular weight excluding hydrogens is 412 g/mol. The normalized spacial score (nSPS) is 20.2. The van der Waals surface area contributed by atoms with Crippen LogP contribution in [0.25, 0.3) is 0 Å². The van der Waals surface area contributed by atoms with Crippen LogP contribution in [0.3, 0.4) is 0 Å². The molecular formula is C22H34N6O2S. The van der Waals surface area contributed by atoms with Crippen LogP contribution in [0.5, 0.6) is 5.88 Å². The van der Waals surface area contributed by atoms with Gasteiger partial charge in [-0.05, 0) is 78.8 Å². The number of nitrogens with one attached hydrogen (secondary N) is 1. The second-order valence-corrected chi connectivity index (χ2v) is 8.78. The summed E-state index contributed by atoms with van der Waals surface area (Å²) in [5.41, 5.74) is 17.6. The molecule has 3 aliphatic rings. The number of amides is 1. The fourth-order valence-corrected chi connectivity index (χ4v) is 5.02. The molecule has 2 unspecified atom stereocenters. The minimum absolute atomic E-state index is 0.250. The summed E-state index contributed by atoms with van der Waals surface area (Å²) in [6.07, 6.45) is 8.26. The number of aromatic nitrogens is 2. The topological polar surface area (TPSA) is 134 Å². The van der Waals surface area contributed by atoms with Gasteiger partial charge in [-0.15, -0.1) is 0 Å². The number of aryl methyl sites for hydroxylation is 1. The minimum Gasteiger partial charge on any atom is -0.475 e. The van der Waals surface area contributed by atoms with Gasteiger partial charge in [-0.1, -0.05) is 19.9 Å². The van der Waals surface area contributed by atoms with Gasteiger partial charge >= 0.3 is 0 Å². The van der Waals surface area contributed by atoms with E-state index in [-0.39, 0.29) is 6.41 Å². The number of likely N-dealkylation sites (N-methyl/N-ethyl adjacent to an activating group) is 1. The van der Waals surface area contributed by atoms with E-state index in [1.54, 1.807) is 11.8 Å². The number of fused-ring (bicyclic) bond motifs is 3. The van der Waals surface area contributed by atoms with Crippen LogP contribution in [0.15, 0.2) is 17.2 Å². The maximum atomic E-state index is 8.58. The number of nitrogens with zero attached hydrogens (tertiary/aromatic N) is 2. The first-order valence-electron chi connectivity index (χ1n) is 10.9. The maximum Gasteiger partial charge on any atom is 0.227 e. The summed E-state index contributed by atoms with van der Waals surface area (Å²) in [5, 5.41) is 13.0. The molecule has 0 saturated carbocycles. The van der Waals surface area contributed by atoms with Crippen LogP contribution in [0.2, 0.25) is 0 Å². The summed E-state index contributed by atoms with van der Waals surface area (Å²) in [5.74, 6) is 1.53. The summed E-state index contributed by atoms with van der Waals surface area (Å²) in [6, 6.07) is 2.79. The van der Waals surface area contributed by atoms with E-state index in [1.165, 1.54) is 60.7 Å². The Morgan fingerprint density at radius 3 is 2.84 bits per heavy atom. The molecule has 31 heavy (non-hydrogen) atoms. The van der Waals surface area contributed by atoms with Gasteiger partial charge in [0.15, 0.2) is 0 Å². The van der Waals surface area contributed by atoms with Crippen molar-refractivity contribution in [3.63, 3.8) is 0 Å². The number of carbonyl (C=O) groups excluding carboxylic acids is 1. The first-order valence-corrected chi connectivity index (χ1v) is 11.8. The van der Waals surface area contributed by atoms with Crippen LogP contribution in [0.1, 0.15) is 54.9 Å². The van der Waals surface area contributed by atoms with Crippen LogP contribution in [0, 0.1) is 0 Å². The van der Waals surface area contributed by atoms with Crippen molar-refractivity contribution < 1.29 is 9.53 Å². The lowest BCUT2D eigenvalue weighted by Crippen LogP contribution is -2.41. The molecule has 0 radical (unpaired) electrons. The number of carbonyl (C=O) groups is 1. The lowest BCUT2D eigenvalue weighted by Gasteiger charge is -2.24. The molecule has 2 aliphatic carbocycles. The van der Waals surface area contributed by atoms with E-state index >= 15 is 0 Å². The monoisotopic (exact) mass is 446 g/mol. The van der Waals surface area contributed by atoms with Gasteiger partial charge in [0.05, 0.1) is 18.8 Å². The van der Waals surface area contributed by atoms with Gasteiger partial charge in [-0.25, -0.2) is 4.68 Å². The van der Waals surface area contributed by atoms with Gasteiger partial charge in [-0.2, -0.15) is 5.10 Å². The predicted molar refractivity (Wildman–Crippen MR) is 125 cm³/mol. The number of ether oxygens (including phenoxy) is 1. The first-order chi connectivity index (χ1) is 15.0. The van der Waals surface area contributed by atoms with Crippen LogP contribution in [-0.4, -0.2) is 35.4 Å². The Kier molecular flexibility index (Phi) is 8.22. The van der Waals surface area contributed by atoms with Crippen molar-refractivity contribution in [3.8, 4) is 5.88 Å². The number of hydrogen-bond acceptors (Lipinski definition) is 7. The van der Waals surface area contributed by atoms with E-state index in [1.807, 2.05) is 4.68 Å².